The molecule has 0 spiro atoms. The third-order valence-corrected chi connectivity index (χ3v) is 8.18. The second-order valence-electron chi connectivity index (χ2n) is 11.0. The fourth-order valence-corrected chi connectivity index (χ4v) is 5.80. The minimum absolute atomic E-state index is 0. The van der Waals surface area contributed by atoms with Crippen molar-refractivity contribution in [1.82, 2.24) is 34.4 Å². The first-order valence-corrected chi connectivity index (χ1v) is 14.6. The maximum atomic E-state index is 13.6. The first-order chi connectivity index (χ1) is 21.6. The van der Waals surface area contributed by atoms with Crippen LogP contribution in [0, 0.1) is 5.92 Å². The second kappa shape index (κ2) is 14.1. The van der Waals surface area contributed by atoms with E-state index in [0.29, 0.717) is 32.4 Å². The van der Waals surface area contributed by atoms with E-state index in [2.05, 4.69) is 20.7 Å². The molecule has 0 radical (unpaired) electrons. The Bertz CT molecular complexity index is 1630. The van der Waals surface area contributed by atoms with E-state index in [-0.39, 0.29) is 62.6 Å². The second-order valence-corrected chi connectivity index (χ2v) is 11.4. The number of carbonyl (C=O) groups excluding carboxylic acids is 3. The van der Waals surface area contributed by atoms with Crippen LogP contribution >= 0.6 is 24.0 Å². The van der Waals surface area contributed by atoms with Crippen LogP contribution < -0.4 is 10.6 Å². The van der Waals surface area contributed by atoms with E-state index < -0.39 is 36.1 Å². The van der Waals surface area contributed by atoms with Crippen LogP contribution in [0.15, 0.2) is 30.6 Å². The van der Waals surface area contributed by atoms with Crippen molar-refractivity contribution in [3.8, 4) is 11.3 Å². The van der Waals surface area contributed by atoms with Gasteiger partial charge in [0, 0.05) is 51.0 Å². The van der Waals surface area contributed by atoms with Crippen LogP contribution in [0.5, 0.6) is 0 Å². The monoisotopic (exact) mass is 710 g/mol. The number of carbonyl (C=O) groups is 3. The molecule has 19 heteroatoms. The molecule has 2 aromatic heterocycles. The number of piperazine rings is 1. The van der Waals surface area contributed by atoms with Gasteiger partial charge in [-0.1, -0.05) is 11.6 Å². The van der Waals surface area contributed by atoms with Crippen LogP contribution in [-0.2, 0) is 24.6 Å². The number of nitrogens with zero attached hydrogens (tertiary/aromatic N) is 6. The molecule has 0 aliphatic carbocycles. The average Bonchev–Trinajstić information content (AvgIpc) is 3.59. The molecule has 2 aliphatic rings. The number of anilines is 1. The Morgan fingerprint density at radius 2 is 1.66 bits per heavy atom. The summed E-state index contributed by atoms with van der Waals surface area (Å²) in [6.45, 7) is 1.33. The van der Waals surface area contributed by atoms with Crippen LogP contribution in [0.4, 0.5) is 32.0 Å². The standard InChI is InChI=1S/C28H29ClF6N8O3.ClH/c1-40-21(19-14-43(15-27(30,31)32)39-22(19)28(33,34)35)13-37-23(40)24(44)38-17-2-3-18(20(29)12-17)26(46)42-10-8-41(9-11-42)25(45)16-4-6-36-7-5-16;/h2-3,12-14,16,36H,4-11,15H2,1H3,(H,38,44);1H. The molecular weight excluding hydrogens is 681 g/mol. The van der Waals surface area contributed by atoms with Gasteiger partial charge in [0.1, 0.15) is 6.54 Å². The molecule has 0 bridgehead atoms. The largest absolute Gasteiger partial charge is 0.435 e. The fraction of sp³-hybridized carbons (Fsp3) is 0.464. The van der Waals surface area contributed by atoms with E-state index in [1.165, 1.54) is 25.2 Å². The summed E-state index contributed by atoms with van der Waals surface area (Å²) >= 11 is 6.39. The van der Waals surface area contributed by atoms with E-state index in [4.69, 9.17) is 11.6 Å². The number of amides is 3. The molecule has 1 aromatic carbocycles. The number of hydrogen-bond acceptors (Lipinski definition) is 6. The molecule has 0 atom stereocenters. The van der Waals surface area contributed by atoms with Crippen LogP contribution in [0.3, 0.4) is 0 Å². The van der Waals surface area contributed by atoms with Gasteiger partial charge in [-0.2, -0.15) is 31.4 Å². The molecule has 11 nitrogen and oxygen atoms in total. The number of aromatic nitrogens is 4. The number of imidazole rings is 1. The molecular formula is C28H30Cl2F6N8O3. The highest BCUT2D eigenvalue weighted by Gasteiger charge is 2.40. The van der Waals surface area contributed by atoms with E-state index in [9.17, 15) is 40.7 Å². The van der Waals surface area contributed by atoms with Crippen molar-refractivity contribution in [3.05, 3.63) is 52.7 Å². The maximum Gasteiger partial charge on any atom is 0.435 e. The number of nitrogens with one attached hydrogen (secondary N) is 2. The van der Waals surface area contributed by atoms with E-state index in [1.807, 2.05) is 0 Å². The van der Waals surface area contributed by atoms with Gasteiger partial charge in [0.2, 0.25) is 5.91 Å². The van der Waals surface area contributed by atoms with Gasteiger partial charge in [-0.15, -0.1) is 12.4 Å². The predicted molar refractivity (Wildman–Crippen MR) is 160 cm³/mol. The first-order valence-electron chi connectivity index (χ1n) is 14.3. The summed E-state index contributed by atoms with van der Waals surface area (Å²) in [6, 6.07) is 4.17. The van der Waals surface area contributed by atoms with Gasteiger partial charge in [0.05, 0.1) is 28.0 Å². The third kappa shape index (κ3) is 8.19. The minimum atomic E-state index is -5.08. The summed E-state index contributed by atoms with van der Waals surface area (Å²) in [5, 5.41) is 8.84. The molecule has 3 amide bonds. The van der Waals surface area contributed by atoms with Crippen molar-refractivity contribution in [1.29, 1.82) is 0 Å². The molecule has 47 heavy (non-hydrogen) atoms. The number of piperidine rings is 1. The zero-order chi connectivity index (χ0) is 33.4. The SMILES string of the molecule is Cl.Cn1c(-c2cn(CC(F)(F)F)nc2C(F)(F)F)cnc1C(=O)Nc1ccc(C(=O)N2CCN(C(=O)C3CCNCC3)CC2)c(Cl)c1. The smallest absolute Gasteiger partial charge is 0.339 e. The highest BCUT2D eigenvalue weighted by Crippen LogP contribution is 2.37. The van der Waals surface area contributed by atoms with Gasteiger partial charge in [-0.3, -0.25) is 19.1 Å². The van der Waals surface area contributed by atoms with Gasteiger partial charge in [-0.05, 0) is 44.1 Å². The summed E-state index contributed by atoms with van der Waals surface area (Å²) in [5.41, 5.74) is -2.21. The molecule has 2 saturated heterocycles. The van der Waals surface area contributed by atoms with Crippen LogP contribution in [0.25, 0.3) is 11.3 Å². The first kappa shape index (κ1) is 36.0. The van der Waals surface area contributed by atoms with Gasteiger partial charge in [0.15, 0.2) is 11.5 Å². The lowest BCUT2D eigenvalue weighted by atomic mass is 9.96. The summed E-state index contributed by atoms with van der Waals surface area (Å²) < 4.78 is 80.4. The highest BCUT2D eigenvalue weighted by atomic mass is 35.5. The lowest BCUT2D eigenvalue weighted by molar-refractivity contribution is -0.148. The maximum absolute atomic E-state index is 13.6. The average molecular weight is 711 g/mol. The Kier molecular flexibility index (Phi) is 10.8. The Morgan fingerprint density at radius 3 is 2.26 bits per heavy atom. The van der Waals surface area contributed by atoms with Gasteiger partial charge in [0.25, 0.3) is 11.8 Å². The van der Waals surface area contributed by atoms with Crippen molar-refractivity contribution in [2.45, 2.75) is 31.7 Å². The Morgan fingerprint density at radius 1 is 1.02 bits per heavy atom. The van der Waals surface area contributed by atoms with Crippen molar-refractivity contribution >= 4 is 47.4 Å². The summed E-state index contributed by atoms with van der Waals surface area (Å²) in [5.74, 6) is -1.46. The molecule has 0 saturated carbocycles. The number of alkyl halides is 6. The predicted octanol–water partition coefficient (Wildman–Crippen LogP) is 4.48. The Labute approximate surface area is 275 Å². The molecule has 3 aromatic rings. The van der Waals surface area contributed by atoms with Crippen molar-refractivity contribution in [2.75, 3.05) is 44.6 Å². The molecule has 0 unspecified atom stereocenters. The van der Waals surface area contributed by atoms with E-state index in [1.54, 1.807) is 9.80 Å². The quantitative estimate of drug-likeness (QED) is 0.365. The minimum Gasteiger partial charge on any atom is -0.339 e. The summed E-state index contributed by atoms with van der Waals surface area (Å²) in [7, 11) is 1.23. The molecule has 4 heterocycles. The highest BCUT2D eigenvalue weighted by molar-refractivity contribution is 6.34. The lowest BCUT2D eigenvalue weighted by Crippen LogP contribution is -2.52. The number of hydrogen-bond donors (Lipinski definition) is 2. The normalized spacial score (nSPS) is 16.2. The van der Waals surface area contributed by atoms with Crippen molar-refractivity contribution in [2.24, 2.45) is 13.0 Å². The summed E-state index contributed by atoms with van der Waals surface area (Å²) in [4.78, 5) is 46.3. The van der Waals surface area contributed by atoms with E-state index >= 15 is 0 Å². The van der Waals surface area contributed by atoms with Gasteiger partial charge < -0.3 is 25.0 Å². The number of rotatable bonds is 6. The zero-order valence-corrected chi connectivity index (χ0v) is 26.4. The number of halogens is 8. The van der Waals surface area contributed by atoms with Crippen LogP contribution in [-0.4, -0.2) is 92.3 Å². The molecule has 2 fully saturated rings. The Balaban J connectivity index is 0.00000500. The Hall–Kier alpha value is -3.83. The molecule has 2 aliphatic heterocycles. The fourth-order valence-electron chi connectivity index (χ4n) is 5.53. The van der Waals surface area contributed by atoms with Crippen LogP contribution in [0.1, 0.15) is 39.5 Å². The van der Waals surface area contributed by atoms with Crippen molar-refractivity contribution < 1.29 is 40.7 Å². The molecule has 256 valence electrons. The van der Waals surface area contributed by atoms with Crippen molar-refractivity contribution in [3.63, 3.8) is 0 Å². The zero-order valence-electron chi connectivity index (χ0n) is 24.8. The molecule has 2 N–H and O–H groups in total. The number of benzene rings is 1. The summed E-state index contributed by atoms with van der Waals surface area (Å²) in [6.07, 6.45) is -6.80. The van der Waals surface area contributed by atoms with Crippen LogP contribution in [0.2, 0.25) is 5.02 Å². The molecule has 5 rings (SSSR count). The third-order valence-electron chi connectivity index (χ3n) is 7.86. The topological polar surface area (TPSA) is 117 Å². The van der Waals surface area contributed by atoms with Gasteiger partial charge in [-0.25, -0.2) is 4.98 Å². The van der Waals surface area contributed by atoms with E-state index in [0.717, 1.165) is 36.7 Å². The lowest BCUT2D eigenvalue weighted by Gasteiger charge is -2.37. The van der Waals surface area contributed by atoms with Gasteiger partial charge >= 0.3 is 12.4 Å².